The summed E-state index contributed by atoms with van der Waals surface area (Å²) in [6, 6.07) is 23.7. The van der Waals surface area contributed by atoms with Crippen LogP contribution in [-0.2, 0) is 25.4 Å². The Labute approximate surface area is 339 Å². The van der Waals surface area contributed by atoms with Crippen LogP contribution in [0.2, 0.25) is 48.8 Å². The van der Waals surface area contributed by atoms with E-state index in [-0.39, 0.29) is 36.2 Å². The zero-order chi connectivity index (χ0) is 39.8. The first kappa shape index (κ1) is 40.8. The van der Waals surface area contributed by atoms with Gasteiger partial charge in [-0.15, -0.1) is 0 Å². The fraction of sp³-hybridized carbons (Fsp3) is 0.535. The molecule has 0 spiro atoms. The molecule has 13 heteroatoms. The van der Waals surface area contributed by atoms with Crippen LogP contribution in [-0.4, -0.2) is 89.4 Å². The number of hydrogen-bond acceptors (Lipinski definition) is 9. The number of benzene rings is 2. The average Bonchev–Trinajstić information content (AvgIpc) is 3.82. The van der Waals surface area contributed by atoms with Crippen LogP contribution in [0.1, 0.15) is 39.2 Å². The number of para-hydroxylation sites is 1. The molecule has 10 nitrogen and oxygen atoms in total. The van der Waals surface area contributed by atoms with Crippen LogP contribution in [0.25, 0.3) is 22.3 Å². The van der Waals surface area contributed by atoms with E-state index in [9.17, 15) is 5.26 Å². The number of ether oxygens (including phenoxy) is 5. The van der Waals surface area contributed by atoms with Gasteiger partial charge in [-0.05, 0) is 54.5 Å². The predicted octanol–water partition coefficient (Wildman–Crippen LogP) is 9.52. The van der Waals surface area contributed by atoms with Gasteiger partial charge in [-0.2, -0.15) is 5.26 Å². The fourth-order valence-electron chi connectivity index (χ4n) is 7.39. The molecule has 0 unspecified atom stereocenters. The summed E-state index contributed by atoms with van der Waals surface area (Å²) in [6.07, 6.45) is 0.915. The maximum Gasteiger partial charge on any atom is 0.217 e. The van der Waals surface area contributed by atoms with Gasteiger partial charge in [0.25, 0.3) is 0 Å². The summed E-state index contributed by atoms with van der Waals surface area (Å²) in [5.74, 6) is 1.31. The number of aromatic nitrogens is 2. The average molecular weight is 818 g/mol. The zero-order valence-corrected chi connectivity index (χ0v) is 36.9. The van der Waals surface area contributed by atoms with Crippen molar-refractivity contribution in [3.8, 4) is 29.0 Å². The normalized spacial score (nSPS) is 22.0. The van der Waals surface area contributed by atoms with Crippen LogP contribution in [0.3, 0.4) is 0 Å². The van der Waals surface area contributed by atoms with Crippen LogP contribution in [0.4, 0.5) is 5.69 Å². The summed E-state index contributed by atoms with van der Waals surface area (Å²) in [7, 11) is -3.39. The third-order valence-corrected chi connectivity index (χ3v) is 18.2. The van der Waals surface area contributed by atoms with Crippen molar-refractivity contribution >= 4 is 44.7 Å². The summed E-state index contributed by atoms with van der Waals surface area (Å²) in [6.45, 7) is 21.5. The second-order valence-corrected chi connectivity index (χ2v) is 28.9. The molecule has 3 aliphatic rings. The number of hydrogen-bond donors (Lipinski definition) is 0. The Morgan fingerprint density at radius 2 is 1.57 bits per heavy atom. The van der Waals surface area contributed by atoms with E-state index in [4.69, 9.17) is 44.7 Å². The van der Waals surface area contributed by atoms with E-state index in [1.807, 2.05) is 41.0 Å². The first-order valence-corrected chi connectivity index (χ1v) is 27.0. The minimum absolute atomic E-state index is 0.0585. The Morgan fingerprint density at radius 3 is 2.21 bits per heavy atom. The minimum atomic E-state index is -2.06. The lowest BCUT2D eigenvalue weighted by atomic mass is 10.1. The van der Waals surface area contributed by atoms with E-state index in [0.29, 0.717) is 53.0 Å². The molecule has 0 N–H and O–H groups in total. The lowest BCUT2D eigenvalue weighted by molar-refractivity contribution is 0.00849. The number of piperidine rings is 1. The molecule has 0 bridgehead atoms. The van der Waals surface area contributed by atoms with Crippen LogP contribution in [0.5, 0.6) is 11.6 Å². The highest BCUT2D eigenvalue weighted by Crippen LogP contribution is 2.42. The zero-order valence-electron chi connectivity index (χ0n) is 34.1. The van der Waals surface area contributed by atoms with Crippen molar-refractivity contribution < 1.29 is 28.1 Å². The van der Waals surface area contributed by atoms with Crippen molar-refractivity contribution in [2.45, 2.75) is 115 Å². The summed E-state index contributed by atoms with van der Waals surface area (Å²) in [4.78, 5) is 7.45. The molecule has 4 aromatic rings. The molecule has 4 atom stereocenters. The van der Waals surface area contributed by atoms with E-state index in [1.165, 1.54) is 0 Å². The van der Waals surface area contributed by atoms with Gasteiger partial charge in [-0.25, -0.2) is 4.98 Å². The summed E-state index contributed by atoms with van der Waals surface area (Å²) in [5.41, 5.74) is 4.14. The molecular formula is C43H57ClN4O6Si2. The molecule has 3 saturated heterocycles. The summed E-state index contributed by atoms with van der Waals surface area (Å²) >= 11 is 7.04. The molecule has 0 aliphatic carbocycles. The molecule has 3 fully saturated rings. The third-order valence-electron chi connectivity index (χ3n) is 11.7. The number of fused-ring (bicyclic) bond motifs is 2. The number of halogens is 1. The Balaban J connectivity index is 1.12. The number of pyridine rings is 1. The minimum Gasteiger partial charge on any atom is -0.490 e. The molecule has 0 saturated carbocycles. The van der Waals surface area contributed by atoms with Crippen molar-refractivity contribution in [1.82, 2.24) is 9.55 Å². The Hall–Kier alpha value is -3.42. The highest BCUT2D eigenvalue weighted by atomic mass is 35.5. The van der Waals surface area contributed by atoms with Crippen molar-refractivity contribution in [2.24, 2.45) is 0 Å². The molecule has 3 aliphatic heterocycles. The van der Waals surface area contributed by atoms with Crippen molar-refractivity contribution in [2.75, 3.05) is 37.8 Å². The topological polar surface area (TPSA) is 100 Å². The lowest BCUT2D eigenvalue weighted by Crippen LogP contribution is -2.47. The molecule has 2 aromatic heterocycles. The fourth-order valence-corrected chi connectivity index (χ4v) is 9.71. The van der Waals surface area contributed by atoms with E-state index in [2.05, 4.69) is 88.7 Å². The van der Waals surface area contributed by atoms with Crippen LogP contribution in [0.15, 0.2) is 60.7 Å². The Kier molecular flexibility index (Phi) is 12.0. The monoisotopic (exact) mass is 816 g/mol. The SMILES string of the molecule is CC(C)(C)[Si](C)(C)O[C@@H]1CO[C@H]2[C@@H]1OC[C@H]2Oc1c(C#N)c2nc(-c3ccc(N4CCC(Oc5ccccc5)CC4)cc3)c(Cl)cc2n1COCC[Si](C)(C)C. The van der Waals surface area contributed by atoms with Crippen LogP contribution in [0, 0.1) is 11.3 Å². The highest BCUT2D eigenvalue weighted by Gasteiger charge is 2.52. The van der Waals surface area contributed by atoms with Gasteiger partial charge >= 0.3 is 0 Å². The van der Waals surface area contributed by atoms with E-state index < -0.39 is 22.5 Å². The molecule has 300 valence electrons. The molecule has 0 radical (unpaired) electrons. The maximum atomic E-state index is 10.7. The summed E-state index contributed by atoms with van der Waals surface area (Å²) in [5, 5.41) is 11.2. The Morgan fingerprint density at radius 1 is 0.911 bits per heavy atom. The molecular weight excluding hydrogens is 760 g/mol. The van der Waals surface area contributed by atoms with Gasteiger partial charge in [0.2, 0.25) is 5.88 Å². The van der Waals surface area contributed by atoms with Crippen molar-refractivity contribution in [3.05, 3.63) is 71.2 Å². The van der Waals surface area contributed by atoms with Crippen molar-refractivity contribution in [3.63, 3.8) is 0 Å². The standard InChI is InChI=1S/C43H57ClN4O6Si2/c1-43(2,3)56(7,8)54-37-27-51-40-36(26-50-41(37)40)53-42-33(25-45)39-35(48(42)28-49-22-23-55(4,5)6)24-34(44)38(46-39)29-14-16-30(17-15-29)47-20-18-32(19-21-47)52-31-12-10-9-11-13-31/h9-17,24,32,36-37,40-41H,18-23,26-28H2,1-8H3/t36-,37-,40-,41-/m1/s1. The van der Waals surface area contributed by atoms with Gasteiger partial charge in [0.05, 0.1) is 35.6 Å². The van der Waals surface area contributed by atoms with Crippen LogP contribution < -0.4 is 14.4 Å². The number of nitrogens with zero attached hydrogens (tertiary/aromatic N) is 4. The largest absolute Gasteiger partial charge is 0.490 e. The van der Waals surface area contributed by atoms with Gasteiger partial charge < -0.3 is 33.0 Å². The first-order chi connectivity index (χ1) is 26.6. The summed E-state index contributed by atoms with van der Waals surface area (Å²) < 4.78 is 40.5. The van der Waals surface area contributed by atoms with Gasteiger partial charge in [-0.3, -0.25) is 4.57 Å². The molecule has 7 rings (SSSR count). The van der Waals surface area contributed by atoms with Gasteiger partial charge in [0.1, 0.15) is 47.9 Å². The number of anilines is 1. The second-order valence-electron chi connectivity index (χ2n) is 18.1. The van der Waals surface area contributed by atoms with Gasteiger partial charge in [0.15, 0.2) is 14.4 Å². The number of rotatable bonds is 13. The van der Waals surface area contributed by atoms with Crippen LogP contribution >= 0.6 is 11.6 Å². The quantitative estimate of drug-likeness (QED) is 0.0965. The highest BCUT2D eigenvalue weighted by molar-refractivity contribution is 6.76. The predicted molar refractivity (Wildman–Crippen MR) is 227 cm³/mol. The first-order valence-electron chi connectivity index (χ1n) is 20.0. The van der Waals surface area contributed by atoms with Gasteiger partial charge in [-0.1, -0.05) is 82.3 Å². The molecule has 0 amide bonds. The van der Waals surface area contributed by atoms with E-state index >= 15 is 0 Å². The molecule has 5 heterocycles. The van der Waals surface area contributed by atoms with Crippen molar-refractivity contribution in [1.29, 1.82) is 5.26 Å². The lowest BCUT2D eigenvalue weighted by Gasteiger charge is -2.39. The maximum absolute atomic E-state index is 10.7. The van der Waals surface area contributed by atoms with E-state index in [1.54, 1.807) is 0 Å². The van der Waals surface area contributed by atoms with Gasteiger partial charge in [0, 0.05) is 51.9 Å². The Bertz CT molecular complexity index is 2020. The number of nitriles is 1. The third kappa shape index (κ3) is 8.84. The molecule has 2 aromatic carbocycles. The second kappa shape index (κ2) is 16.4. The molecule has 56 heavy (non-hydrogen) atoms. The van der Waals surface area contributed by atoms with E-state index in [0.717, 1.165) is 49.0 Å². The smallest absolute Gasteiger partial charge is 0.217 e.